The first kappa shape index (κ1) is 22.5. The van der Waals surface area contributed by atoms with Crippen LogP contribution in [0, 0.1) is 10.8 Å². The molecule has 3 nitrogen and oxygen atoms in total. The third-order valence-corrected chi connectivity index (χ3v) is 2.75. The van der Waals surface area contributed by atoms with E-state index in [9.17, 15) is 9.90 Å². The monoisotopic (exact) mass is 335 g/mol. The number of aromatic nitrogens is 1. The van der Waals surface area contributed by atoms with Crippen molar-refractivity contribution in [2.24, 2.45) is 10.8 Å². The molecule has 21 heavy (non-hydrogen) atoms. The lowest BCUT2D eigenvalue weighted by atomic mass is 9.83. The van der Waals surface area contributed by atoms with E-state index >= 15 is 0 Å². The number of carboxylic acid groups (broad SMARTS) is 1. The van der Waals surface area contributed by atoms with Crippen LogP contribution >= 0.6 is 24.8 Å². The van der Waals surface area contributed by atoms with Gasteiger partial charge in [-0.3, -0.25) is 4.98 Å². The number of halogens is 2. The molecule has 1 N–H and O–H groups in total. The molecule has 0 bridgehead atoms. The van der Waals surface area contributed by atoms with E-state index in [0.29, 0.717) is 17.7 Å². The fourth-order valence-electron chi connectivity index (χ4n) is 2.17. The Morgan fingerprint density at radius 1 is 1.05 bits per heavy atom. The third-order valence-electron chi connectivity index (χ3n) is 2.75. The van der Waals surface area contributed by atoms with E-state index in [1.807, 2.05) is 6.07 Å². The van der Waals surface area contributed by atoms with Gasteiger partial charge >= 0.3 is 5.97 Å². The summed E-state index contributed by atoms with van der Waals surface area (Å²) in [5.41, 5.74) is 2.06. The zero-order chi connectivity index (χ0) is 14.8. The summed E-state index contributed by atoms with van der Waals surface area (Å²) >= 11 is 0. The van der Waals surface area contributed by atoms with E-state index < -0.39 is 5.97 Å². The highest BCUT2D eigenvalue weighted by atomic mass is 35.5. The summed E-state index contributed by atoms with van der Waals surface area (Å²) in [6.07, 6.45) is 3.15. The summed E-state index contributed by atoms with van der Waals surface area (Å²) < 4.78 is 0. The molecule has 0 spiro atoms. The lowest BCUT2D eigenvalue weighted by Crippen LogP contribution is -2.19. The highest BCUT2D eigenvalue weighted by Crippen LogP contribution is 2.27. The van der Waals surface area contributed by atoms with Crippen LogP contribution in [-0.4, -0.2) is 16.1 Å². The van der Waals surface area contributed by atoms with Gasteiger partial charge < -0.3 is 5.11 Å². The Hall–Kier alpha value is -0.800. The molecular weight excluding hydrogens is 309 g/mol. The Balaban J connectivity index is 0. The minimum absolute atomic E-state index is 0. The molecule has 122 valence electrons. The van der Waals surface area contributed by atoms with Crippen LogP contribution in [-0.2, 0) is 12.8 Å². The first-order valence-electron chi connectivity index (χ1n) is 6.70. The number of hydrogen-bond acceptors (Lipinski definition) is 2. The van der Waals surface area contributed by atoms with Crippen LogP contribution < -0.4 is 0 Å². The molecule has 0 atom stereocenters. The zero-order valence-corrected chi connectivity index (χ0v) is 15.3. The minimum atomic E-state index is -0.869. The molecule has 5 heteroatoms. The van der Waals surface area contributed by atoms with Gasteiger partial charge in [0.15, 0.2) is 0 Å². The number of rotatable bonds is 3. The summed E-state index contributed by atoms with van der Waals surface area (Å²) in [5, 5.41) is 9.50. The topological polar surface area (TPSA) is 50.2 Å². The van der Waals surface area contributed by atoms with Crippen molar-refractivity contribution in [3.05, 3.63) is 29.1 Å². The molecule has 0 aromatic carbocycles. The normalized spacial score (nSPS) is 11.3. The second kappa shape index (κ2) is 8.00. The molecule has 0 radical (unpaired) electrons. The van der Waals surface area contributed by atoms with Gasteiger partial charge in [0.05, 0.1) is 11.3 Å². The van der Waals surface area contributed by atoms with Crippen LogP contribution in [0.3, 0.4) is 0 Å². The Morgan fingerprint density at radius 2 is 1.52 bits per heavy atom. The third kappa shape index (κ3) is 7.68. The van der Waals surface area contributed by atoms with E-state index in [1.54, 1.807) is 6.20 Å². The van der Waals surface area contributed by atoms with E-state index in [1.165, 1.54) is 0 Å². The number of nitrogens with zero attached hydrogens (tertiary/aromatic N) is 1. The predicted octanol–water partition coefficient (Wildman–Crippen LogP) is 4.80. The molecule has 0 aliphatic carbocycles. The van der Waals surface area contributed by atoms with Gasteiger partial charge in [0.25, 0.3) is 0 Å². The molecule has 0 saturated carbocycles. The summed E-state index contributed by atoms with van der Waals surface area (Å²) in [4.78, 5) is 15.9. The molecule has 0 saturated heterocycles. The van der Waals surface area contributed by atoms with Crippen molar-refractivity contribution in [1.29, 1.82) is 0 Å². The average Bonchev–Trinajstić information content (AvgIpc) is 2.11. The van der Waals surface area contributed by atoms with Crippen molar-refractivity contribution >= 4 is 30.8 Å². The fourth-order valence-corrected chi connectivity index (χ4v) is 2.17. The maximum Gasteiger partial charge on any atom is 0.337 e. The zero-order valence-electron chi connectivity index (χ0n) is 13.7. The van der Waals surface area contributed by atoms with Crippen LogP contribution in [0.2, 0.25) is 0 Å². The highest BCUT2D eigenvalue weighted by Gasteiger charge is 2.23. The number of carboxylic acids is 1. The summed E-state index contributed by atoms with van der Waals surface area (Å²) in [6.45, 7) is 12.6. The largest absolute Gasteiger partial charge is 0.478 e. The molecule has 1 aromatic rings. The van der Waals surface area contributed by atoms with E-state index in [0.717, 1.165) is 12.0 Å². The van der Waals surface area contributed by atoms with E-state index in [4.69, 9.17) is 0 Å². The second-order valence-electron chi connectivity index (χ2n) is 7.57. The predicted molar refractivity (Wildman–Crippen MR) is 92.0 cm³/mol. The second-order valence-corrected chi connectivity index (χ2v) is 7.57. The van der Waals surface area contributed by atoms with Gasteiger partial charge in [-0.15, -0.1) is 24.8 Å². The summed E-state index contributed by atoms with van der Waals surface area (Å²) in [5.74, 6) is -0.869. The summed E-state index contributed by atoms with van der Waals surface area (Å²) in [6, 6.07) is 1.83. The maximum atomic E-state index is 11.6. The SMILES string of the molecule is CC(C)(C)Cc1ccnc(CC(C)(C)C)c1C(=O)O.Cl.Cl. The minimum Gasteiger partial charge on any atom is -0.478 e. The lowest BCUT2D eigenvalue weighted by molar-refractivity contribution is 0.0693. The Morgan fingerprint density at radius 3 is 1.90 bits per heavy atom. The van der Waals surface area contributed by atoms with Gasteiger partial charge in [-0.05, 0) is 35.3 Å². The van der Waals surface area contributed by atoms with Gasteiger partial charge in [0, 0.05) is 6.20 Å². The highest BCUT2D eigenvalue weighted by molar-refractivity contribution is 5.90. The molecule has 0 amide bonds. The molecule has 0 aliphatic heterocycles. The molecule has 0 fully saturated rings. The quantitative estimate of drug-likeness (QED) is 0.862. The molecular formula is C16H27Cl2NO2. The molecule has 0 aliphatic rings. The van der Waals surface area contributed by atoms with Crippen molar-refractivity contribution in [2.45, 2.75) is 54.4 Å². The van der Waals surface area contributed by atoms with Gasteiger partial charge in [-0.25, -0.2) is 4.79 Å². The first-order chi connectivity index (χ1) is 8.49. The Bertz CT molecular complexity index is 440. The van der Waals surface area contributed by atoms with E-state index in [-0.39, 0.29) is 35.6 Å². The summed E-state index contributed by atoms with van der Waals surface area (Å²) in [7, 11) is 0. The number of aromatic carboxylic acids is 1. The van der Waals surface area contributed by atoms with Crippen LogP contribution in [0.5, 0.6) is 0 Å². The molecule has 0 unspecified atom stereocenters. The molecule has 1 heterocycles. The van der Waals surface area contributed by atoms with Gasteiger partial charge in [-0.2, -0.15) is 0 Å². The lowest BCUT2D eigenvalue weighted by Gasteiger charge is -2.23. The van der Waals surface area contributed by atoms with Crippen molar-refractivity contribution in [3.63, 3.8) is 0 Å². The number of hydrogen-bond donors (Lipinski definition) is 1. The number of carbonyl (C=O) groups is 1. The van der Waals surface area contributed by atoms with Crippen molar-refractivity contribution in [3.8, 4) is 0 Å². The first-order valence-corrected chi connectivity index (χ1v) is 6.70. The Kier molecular flexibility index (Phi) is 8.56. The van der Waals surface area contributed by atoms with Crippen LogP contribution in [0.15, 0.2) is 12.3 Å². The standard InChI is InChI=1S/C16H25NO2.2ClH/c1-15(2,3)9-11-7-8-17-12(10-16(4,5)6)13(11)14(18)19;;/h7-8H,9-10H2,1-6H3,(H,18,19);2*1H. The fraction of sp³-hybridized carbons (Fsp3) is 0.625. The average molecular weight is 336 g/mol. The van der Waals surface area contributed by atoms with Crippen LogP contribution in [0.4, 0.5) is 0 Å². The van der Waals surface area contributed by atoms with Gasteiger partial charge in [0.2, 0.25) is 0 Å². The van der Waals surface area contributed by atoms with E-state index in [2.05, 4.69) is 46.5 Å². The van der Waals surface area contributed by atoms with Crippen molar-refractivity contribution in [2.75, 3.05) is 0 Å². The van der Waals surface area contributed by atoms with Crippen molar-refractivity contribution in [1.82, 2.24) is 4.98 Å². The van der Waals surface area contributed by atoms with Gasteiger partial charge in [0.1, 0.15) is 0 Å². The van der Waals surface area contributed by atoms with Gasteiger partial charge in [-0.1, -0.05) is 41.5 Å². The van der Waals surface area contributed by atoms with Crippen LogP contribution in [0.1, 0.15) is 63.2 Å². The smallest absolute Gasteiger partial charge is 0.337 e. The Labute approximate surface area is 140 Å². The molecule has 1 aromatic heterocycles. The maximum absolute atomic E-state index is 11.6. The molecule has 1 rings (SSSR count). The van der Waals surface area contributed by atoms with Crippen molar-refractivity contribution < 1.29 is 9.90 Å². The number of pyridine rings is 1. The van der Waals surface area contributed by atoms with Crippen LogP contribution in [0.25, 0.3) is 0 Å².